The summed E-state index contributed by atoms with van der Waals surface area (Å²) < 4.78 is 10.9. The molecule has 1 fully saturated rings. The van der Waals surface area contributed by atoms with Crippen molar-refractivity contribution in [3.63, 3.8) is 0 Å². The summed E-state index contributed by atoms with van der Waals surface area (Å²) in [4.78, 5) is 11.9. The van der Waals surface area contributed by atoms with Gasteiger partial charge in [0.1, 0.15) is 5.75 Å². The fourth-order valence-electron chi connectivity index (χ4n) is 2.53. The highest BCUT2D eigenvalue weighted by Gasteiger charge is 2.21. The SMILES string of the molecule is CC(NC(=O)CCOc1ccccc1N)C1CCOCC1. The van der Waals surface area contributed by atoms with Crippen LogP contribution in [-0.2, 0) is 9.53 Å². The van der Waals surface area contributed by atoms with Crippen molar-refractivity contribution in [2.45, 2.75) is 32.2 Å². The van der Waals surface area contributed by atoms with Gasteiger partial charge in [-0.05, 0) is 37.8 Å². The normalized spacial score (nSPS) is 17.2. The number of benzene rings is 1. The van der Waals surface area contributed by atoms with Crippen LogP contribution in [0, 0.1) is 5.92 Å². The van der Waals surface area contributed by atoms with Gasteiger partial charge in [0.15, 0.2) is 0 Å². The molecule has 1 aromatic carbocycles. The molecule has 1 atom stereocenters. The van der Waals surface area contributed by atoms with Gasteiger partial charge in [-0.25, -0.2) is 0 Å². The van der Waals surface area contributed by atoms with E-state index in [0.717, 1.165) is 26.1 Å². The summed E-state index contributed by atoms with van der Waals surface area (Å²) >= 11 is 0. The predicted octanol–water partition coefficient (Wildman–Crippen LogP) is 1.97. The first-order valence-corrected chi connectivity index (χ1v) is 7.51. The number of hydrogen-bond donors (Lipinski definition) is 2. The maximum absolute atomic E-state index is 11.9. The summed E-state index contributed by atoms with van der Waals surface area (Å²) in [6.07, 6.45) is 2.36. The quantitative estimate of drug-likeness (QED) is 0.786. The van der Waals surface area contributed by atoms with Gasteiger partial charge in [-0.3, -0.25) is 4.79 Å². The number of ether oxygens (including phenoxy) is 2. The third-order valence-corrected chi connectivity index (χ3v) is 3.87. The third-order valence-electron chi connectivity index (χ3n) is 3.87. The van der Waals surface area contributed by atoms with Crippen LogP contribution in [0.3, 0.4) is 0 Å². The van der Waals surface area contributed by atoms with Crippen LogP contribution in [-0.4, -0.2) is 31.8 Å². The number of hydrogen-bond acceptors (Lipinski definition) is 4. The summed E-state index contributed by atoms with van der Waals surface area (Å²) in [5, 5.41) is 3.04. The molecule has 5 heteroatoms. The molecule has 1 aromatic rings. The van der Waals surface area contributed by atoms with Crippen LogP contribution in [0.4, 0.5) is 5.69 Å². The largest absolute Gasteiger partial charge is 0.491 e. The first kappa shape index (κ1) is 15.6. The first-order valence-electron chi connectivity index (χ1n) is 7.51. The van der Waals surface area contributed by atoms with Crippen molar-refractivity contribution in [2.24, 2.45) is 5.92 Å². The molecule has 2 rings (SSSR count). The number of anilines is 1. The first-order chi connectivity index (χ1) is 10.2. The number of nitrogens with one attached hydrogen (secondary N) is 1. The van der Waals surface area contributed by atoms with Crippen LogP contribution in [0.25, 0.3) is 0 Å². The molecule has 0 aromatic heterocycles. The van der Waals surface area contributed by atoms with Gasteiger partial charge in [-0.2, -0.15) is 0 Å². The van der Waals surface area contributed by atoms with Gasteiger partial charge in [0.05, 0.1) is 18.7 Å². The van der Waals surface area contributed by atoms with E-state index in [4.69, 9.17) is 15.2 Å². The number of amides is 1. The summed E-state index contributed by atoms with van der Waals surface area (Å²) in [5.74, 6) is 1.15. The van der Waals surface area contributed by atoms with Gasteiger partial charge in [0.2, 0.25) is 5.91 Å². The molecule has 1 amide bonds. The smallest absolute Gasteiger partial charge is 0.223 e. The molecule has 0 spiro atoms. The van der Waals surface area contributed by atoms with Crippen molar-refractivity contribution < 1.29 is 14.3 Å². The summed E-state index contributed by atoms with van der Waals surface area (Å²) in [6, 6.07) is 7.48. The standard InChI is InChI=1S/C16H24N2O3/c1-12(13-6-9-20-10-7-13)18-16(19)8-11-21-15-5-3-2-4-14(15)17/h2-5,12-13H,6-11,17H2,1H3,(H,18,19). The molecule has 0 saturated carbocycles. The number of rotatable bonds is 6. The van der Waals surface area contributed by atoms with E-state index in [1.165, 1.54) is 0 Å². The van der Waals surface area contributed by atoms with Gasteiger partial charge in [-0.15, -0.1) is 0 Å². The van der Waals surface area contributed by atoms with Crippen molar-refractivity contribution in [1.29, 1.82) is 0 Å². The molecule has 0 aliphatic carbocycles. The molecular weight excluding hydrogens is 268 g/mol. The second kappa shape index (κ2) is 7.88. The summed E-state index contributed by atoms with van der Waals surface area (Å²) in [6.45, 7) is 3.98. The van der Waals surface area contributed by atoms with E-state index >= 15 is 0 Å². The van der Waals surface area contributed by atoms with Crippen LogP contribution in [0.2, 0.25) is 0 Å². The van der Waals surface area contributed by atoms with Crippen molar-refractivity contribution in [2.75, 3.05) is 25.6 Å². The maximum Gasteiger partial charge on any atom is 0.223 e. The monoisotopic (exact) mass is 292 g/mol. The lowest BCUT2D eigenvalue weighted by Crippen LogP contribution is -2.40. The zero-order valence-electron chi connectivity index (χ0n) is 12.5. The fraction of sp³-hybridized carbons (Fsp3) is 0.562. The molecule has 5 nitrogen and oxygen atoms in total. The van der Waals surface area contributed by atoms with Gasteiger partial charge in [-0.1, -0.05) is 12.1 Å². The van der Waals surface area contributed by atoms with Gasteiger partial charge < -0.3 is 20.5 Å². The second-order valence-electron chi connectivity index (χ2n) is 5.44. The Kier molecular flexibility index (Phi) is 5.87. The van der Waals surface area contributed by atoms with E-state index < -0.39 is 0 Å². The molecule has 0 radical (unpaired) electrons. The maximum atomic E-state index is 11.9. The Hall–Kier alpha value is -1.75. The molecule has 116 valence electrons. The predicted molar refractivity (Wildman–Crippen MR) is 82.1 cm³/mol. The van der Waals surface area contributed by atoms with E-state index in [2.05, 4.69) is 12.2 Å². The van der Waals surface area contributed by atoms with Gasteiger partial charge >= 0.3 is 0 Å². The molecule has 0 bridgehead atoms. The topological polar surface area (TPSA) is 73.6 Å². The highest BCUT2D eigenvalue weighted by Crippen LogP contribution is 2.20. The highest BCUT2D eigenvalue weighted by molar-refractivity contribution is 5.76. The lowest BCUT2D eigenvalue weighted by Gasteiger charge is -2.28. The number of carbonyl (C=O) groups is 1. The van der Waals surface area contributed by atoms with Crippen molar-refractivity contribution in [3.05, 3.63) is 24.3 Å². The molecule has 21 heavy (non-hydrogen) atoms. The lowest BCUT2D eigenvalue weighted by atomic mass is 9.93. The third kappa shape index (κ3) is 4.93. The van der Waals surface area contributed by atoms with Gasteiger partial charge in [0.25, 0.3) is 0 Å². The molecule has 1 aliphatic rings. The van der Waals surface area contributed by atoms with Crippen molar-refractivity contribution in [1.82, 2.24) is 5.32 Å². The minimum atomic E-state index is 0.0171. The van der Waals surface area contributed by atoms with Crippen LogP contribution >= 0.6 is 0 Å². The van der Waals surface area contributed by atoms with E-state index in [-0.39, 0.29) is 11.9 Å². The molecule has 1 heterocycles. The van der Waals surface area contributed by atoms with E-state index in [1.807, 2.05) is 12.1 Å². The fourth-order valence-corrected chi connectivity index (χ4v) is 2.53. The molecule has 1 saturated heterocycles. The van der Waals surface area contributed by atoms with Crippen LogP contribution in [0.1, 0.15) is 26.2 Å². The zero-order valence-corrected chi connectivity index (χ0v) is 12.5. The Morgan fingerprint density at radius 2 is 2.14 bits per heavy atom. The average Bonchev–Trinajstić information content (AvgIpc) is 2.50. The highest BCUT2D eigenvalue weighted by atomic mass is 16.5. The number of carbonyl (C=O) groups excluding carboxylic acids is 1. The summed E-state index contributed by atoms with van der Waals surface area (Å²) in [5.41, 5.74) is 6.37. The minimum Gasteiger partial charge on any atom is -0.491 e. The zero-order chi connectivity index (χ0) is 15.1. The number of para-hydroxylation sites is 2. The van der Waals surface area contributed by atoms with E-state index in [1.54, 1.807) is 12.1 Å². The van der Waals surface area contributed by atoms with Crippen LogP contribution in [0.5, 0.6) is 5.75 Å². The van der Waals surface area contributed by atoms with Crippen molar-refractivity contribution in [3.8, 4) is 5.75 Å². The molecule has 1 unspecified atom stereocenters. The number of nitrogens with two attached hydrogens (primary N) is 1. The van der Waals surface area contributed by atoms with Crippen molar-refractivity contribution >= 4 is 11.6 Å². The van der Waals surface area contributed by atoms with Gasteiger partial charge in [0, 0.05) is 19.3 Å². The average molecular weight is 292 g/mol. The number of nitrogen functional groups attached to an aromatic ring is 1. The molecule has 3 N–H and O–H groups in total. The Labute approximate surface area is 125 Å². The summed E-state index contributed by atoms with van der Waals surface area (Å²) in [7, 11) is 0. The lowest BCUT2D eigenvalue weighted by molar-refractivity contribution is -0.122. The van der Waals surface area contributed by atoms with Crippen LogP contribution in [0.15, 0.2) is 24.3 Å². The van der Waals surface area contributed by atoms with Crippen LogP contribution < -0.4 is 15.8 Å². The minimum absolute atomic E-state index is 0.0171. The van der Waals surface area contributed by atoms with E-state index in [0.29, 0.717) is 30.4 Å². The Balaban J connectivity index is 1.68. The second-order valence-corrected chi connectivity index (χ2v) is 5.44. The Morgan fingerprint density at radius 3 is 2.86 bits per heavy atom. The van der Waals surface area contributed by atoms with E-state index in [9.17, 15) is 4.79 Å². The Bertz CT molecular complexity index is 459. The Morgan fingerprint density at radius 1 is 1.43 bits per heavy atom. The molecular formula is C16H24N2O3. The molecule has 1 aliphatic heterocycles.